The fraction of sp³-hybridized carbons (Fsp3) is 0.250. The van der Waals surface area contributed by atoms with Gasteiger partial charge in [-0.2, -0.15) is 0 Å². The minimum absolute atomic E-state index is 0.207. The van der Waals surface area contributed by atoms with Gasteiger partial charge in [0.1, 0.15) is 0 Å². The largest absolute Gasteiger partial charge is 0.313 e. The van der Waals surface area contributed by atoms with Crippen molar-refractivity contribution in [3.8, 4) is 0 Å². The maximum Gasteiger partial charge on any atom is 0.0438 e. The summed E-state index contributed by atoms with van der Waals surface area (Å²) in [7, 11) is 1.96. The van der Waals surface area contributed by atoms with Crippen LogP contribution in [0.4, 0.5) is 0 Å². The molecule has 0 aromatic heterocycles. The van der Waals surface area contributed by atoms with Crippen molar-refractivity contribution in [1.29, 1.82) is 0 Å². The molecule has 1 atom stereocenters. The zero-order valence-corrected chi connectivity index (χ0v) is 12.6. The highest BCUT2D eigenvalue weighted by Crippen LogP contribution is 2.27. The number of rotatable bonds is 4. The van der Waals surface area contributed by atoms with Gasteiger partial charge in [0.2, 0.25) is 0 Å². The molecule has 0 saturated carbocycles. The Kier molecular flexibility index (Phi) is 4.87. The normalized spacial score (nSPS) is 12.4. The molecule has 1 unspecified atom stereocenters. The number of likely N-dealkylation sites (N-methyl/N-ethyl adjacent to an activating group) is 1. The van der Waals surface area contributed by atoms with Gasteiger partial charge in [-0.25, -0.2) is 0 Å². The van der Waals surface area contributed by atoms with E-state index in [1.54, 1.807) is 0 Å². The fourth-order valence-corrected chi connectivity index (χ4v) is 2.63. The van der Waals surface area contributed by atoms with Gasteiger partial charge in [-0.05, 0) is 55.3 Å². The van der Waals surface area contributed by atoms with Crippen LogP contribution < -0.4 is 5.32 Å². The fourth-order valence-electron chi connectivity index (χ4n) is 2.24. The van der Waals surface area contributed by atoms with Crippen molar-refractivity contribution in [1.82, 2.24) is 5.32 Å². The van der Waals surface area contributed by atoms with E-state index in [-0.39, 0.29) is 6.04 Å². The van der Waals surface area contributed by atoms with E-state index in [0.717, 1.165) is 22.0 Å². The average Bonchev–Trinajstić information content (AvgIpc) is 2.41. The third-order valence-electron chi connectivity index (χ3n) is 3.35. The number of hydrogen-bond donors (Lipinski definition) is 1. The van der Waals surface area contributed by atoms with Gasteiger partial charge in [-0.1, -0.05) is 47.5 Å². The Balaban J connectivity index is 2.30. The standard InChI is InChI=1S/C16H17Cl2N/c1-11-7-8-13(17)10-14(11)16(19-2)9-12-5-3-4-6-15(12)18/h3-8,10,16,19H,9H2,1-2H3. The van der Waals surface area contributed by atoms with Crippen molar-refractivity contribution in [2.45, 2.75) is 19.4 Å². The van der Waals surface area contributed by atoms with Gasteiger partial charge >= 0.3 is 0 Å². The second-order valence-corrected chi connectivity index (χ2v) is 5.48. The molecule has 0 aliphatic rings. The third-order valence-corrected chi connectivity index (χ3v) is 3.95. The topological polar surface area (TPSA) is 12.0 Å². The van der Waals surface area contributed by atoms with Gasteiger partial charge < -0.3 is 5.32 Å². The van der Waals surface area contributed by atoms with Crippen LogP contribution in [0.3, 0.4) is 0 Å². The Morgan fingerprint density at radius 1 is 1.11 bits per heavy atom. The summed E-state index contributed by atoms with van der Waals surface area (Å²) in [6.07, 6.45) is 0.845. The summed E-state index contributed by atoms with van der Waals surface area (Å²) >= 11 is 12.3. The molecular weight excluding hydrogens is 277 g/mol. The van der Waals surface area contributed by atoms with E-state index in [1.807, 2.05) is 37.4 Å². The second-order valence-electron chi connectivity index (χ2n) is 4.64. The highest BCUT2D eigenvalue weighted by Gasteiger charge is 2.14. The predicted octanol–water partition coefficient (Wildman–Crippen LogP) is 4.81. The summed E-state index contributed by atoms with van der Waals surface area (Å²) in [4.78, 5) is 0. The number of nitrogens with one attached hydrogen (secondary N) is 1. The van der Waals surface area contributed by atoms with Gasteiger partial charge in [-0.3, -0.25) is 0 Å². The molecule has 2 aromatic rings. The number of aryl methyl sites for hydroxylation is 1. The van der Waals surface area contributed by atoms with Crippen molar-refractivity contribution >= 4 is 23.2 Å². The van der Waals surface area contributed by atoms with Crippen LogP contribution in [0.15, 0.2) is 42.5 Å². The van der Waals surface area contributed by atoms with E-state index >= 15 is 0 Å². The molecule has 0 fully saturated rings. The maximum absolute atomic E-state index is 6.23. The van der Waals surface area contributed by atoms with Crippen LogP contribution in [0.25, 0.3) is 0 Å². The van der Waals surface area contributed by atoms with Crippen LogP contribution in [0.5, 0.6) is 0 Å². The van der Waals surface area contributed by atoms with Crippen molar-refractivity contribution in [2.75, 3.05) is 7.05 Å². The van der Waals surface area contributed by atoms with E-state index in [1.165, 1.54) is 11.1 Å². The SMILES string of the molecule is CNC(Cc1ccccc1Cl)c1cc(Cl)ccc1C. The van der Waals surface area contributed by atoms with E-state index in [4.69, 9.17) is 23.2 Å². The average molecular weight is 294 g/mol. The van der Waals surface area contributed by atoms with Gasteiger partial charge in [0.15, 0.2) is 0 Å². The maximum atomic E-state index is 6.23. The van der Waals surface area contributed by atoms with Crippen LogP contribution in [-0.2, 0) is 6.42 Å². The van der Waals surface area contributed by atoms with Crippen LogP contribution in [-0.4, -0.2) is 7.05 Å². The van der Waals surface area contributed by atoms with Crippen LogP contribution in [0, 0.1) is 6.92 Å². The summed E-state index contributed by atoms with van der Waals surface area (Å²) in [6.45, 7) is 2.10. The van der Waals surface area contributed by atoms with Gasteiger partial charge in [0, 0.05) is 16.1 Å². The van der Waals surface area contributed by atoms with Crippen LogP contribution >= 0.6 is 23.2 Å². The van der Waals surface area contributed by atoms with Crippen LogP contribution in [0.2, 0.25) is 10.0 Å². The number of halogens is 2. The first-order valence-corrected chi connectivity index (χ1v) is 7.04. The molecule has 19 heavy (non-hydrogen) atoms. The molecule has 2 aromatic carbocycles. The molecule has 0 heterocycles. The Morgan fingerprint density at radius 2 is 1.84 bits per heavy atom. The lowest BCUT2D eigenvalue weighted by atomic mass is 9.95. The van der Waals surface area contributed by atoms with E-state index in [0.29, 0.717) is 0 Å². The molecule has 100 valence electrons. The zero-order chi connectivity index (χ0) is 13.8. The molecule has 0 aliphatic heterocycles. The molecule has 0 aliphatic carbocycles. The molecule has 0 saturated heterocycles. The molecule has 1 N–H and O–H groups in total. The molecule has 0 radical (unpaired) electrons. The summed E-state index contributed by atoms with van der Waals surface area (Å²) in [5.41, 5.74) is 3.59. The lowest BCUT2D eigenvalue weighted by molar-refractivity contribution is 0.589. The van der Waals surface area contributed by atoms with Crippen molar-refractivity contribution < 1.29 is 0 Å². The monoisotopic (exact) mass is 293 g/mol. The Labute approximate surface area is 124 Å². The van der Waals surface area contributed by atoms with Gasteiger partial charge in [0.25, 0.3) is 0 Å². The van der Waals surface area contributed by atoms with Gasteiger partial charge in [0.05, 0.1) is 0 Å². The summed E-state index contributed by atoms with van der Waals surface area (Å²) in [6, 6.07) is 14.1. The Hall–Kier alpha value is -1.02. The highest BCUT2D eigenvalue weighted by molar-refractivity contribution is 6.31. The van der Waals surface area contributed by atoms with E-state index < -0.39 is 0 Å². The first-order valence-electron chi connectivity index (χ1n) is 6.28. The smallest absolute Gasteiger partial charge is 0.0438 e. The first-order chi connectivity index (χ1) is 9.11. The zero-order valence-electron chi connectivity index (χ0n) is 11.1. The van der Waals surface area contributed by atoms with Gasteiger partial charge in [-0.15, -0.1) is 0 Å². The Morgan fingerprint density at radius 3 is 2.53 bits per heavy atom. The van der Waals surface area contributed by atoms with E-state index in [2.05, 4.69) is 24.4 Å². The lowest BCUT2D eigenvalue weighted by Crippen LogP contribution is -2.20. The Bertz CT molecular complexity index is 566. The molecule has 3 heteroatoms. The predicted molar refractivity (Wildman–Crippen MR) is 83.1 cm³/mol. The molecule has 0 bridgehead atoms. The number of hydrogen-bond acceptors (Lipinski definition) is 1. The highest BCUT2D eigenvalue weighted by atomic mass is 35.5. The summed E-state index contributed by atoms with van der Waals surface area (Å²) in [5, 5.41) is 4.92. The minimum Gasteiger partial charge on any atom is -0.313 e. The molecule has 2 rings (SSSR count). The molecule has 1 nitrogen and oxygen atoms in total. The quantitative estimate of drug-likeness (QED) is 0.853. The summed E-state index contributed by atoms with van der Waals surface area (Å²) < 4.78 is 0. The van der Waals surface area contributed by atoms with Crippen molar-refractivity contribution in [2.24, 2.45) is 0 Å². The first kappa shape index (κ1) is 14.4. The molecular formula is C16H17Cl2N. The summed E-state index contributed by atoms with van der Waals surface area (Å²) in [5.74, 6) is 0. The minimum atomic E-state index is 0.207. The molecule has 0 amide bonds. The van der Waals surface area contributed by atoms with Crippen molar-refractivity contribution in [3.63, 3.8) is 0 Å². The van der Waals surface area contributed by atoms with E-state index in [9.17, 15) is 0 Å². The second kappa shape index (κ2) is 6.42. The van der Waals surface area contributed by atoms with Crippen molar-refractivity contribution in [3.05, 3.63) is 69.2 Å². The third kappa shape index (κ3) is 3.50. The lowest BCUT2D eigenvalue weighted by Gasteiger charge is -2.20. The van der Waals surface area contributed by atoms with Crippen LogP contribution in [0.1, 0.15) is 22.7 Å². The molecule has 0 spiro atoms. The number of benzene rings is 2.